The third kappa shape index (κ3) is 5.11. The standard InChI is InChI=1S/C24H27N3O7/c1-13(2)20-19(23(28)33-5)21(26-24(29)25-20)16-10-17(27(30)31)22(18(11-16)32-4)34-12-15-8-6-14(3)7-9-15/h6-11,13,21H,12H2,1-5H3,(H2,25,26,29). The number of allylic oxidation sites excluding steroid dienone is 1. The van der Waals surface area contributed by atoms with Crippen molar-refractivity contribution in [3.8, 4) is 11.5 Å². The maximum absolute atomic E-state index is 12.6. The minimum absolute atomic E-state index is 0.0511. The SMILES string of the molecule is COC(=O)C1=C(C(C)C)NC(=O)NC1c1cc(OC)c(OCc2ccc(C)cc2)c([N+](=O)[O-])c1. The molecule has 2 N–H and O–H groups in total. The molecule has 0 fully saturated rings. The molecular weight excluding hydrogens is 442 g/mol. The van der Waals surface area contributed by atoms with Gasteiger partial charge in [0, 0.05) is 11.8 Å². The summed E-state index contributed by atoms with van der Waals surface area (Å²) >= 11 is 0. The lowest BCUT2D eigenvalue weighted by atomic mass is 9.91. The van der Waals surface area contributed by atoms with Crippen LogP contribution < -0.4 is 20.1 Å². The van der Waals surface area contributed by atoms with Crippen LogP contribution in [0.1, 0.15) is 36.6 Å². The number of methoxy groups -OCH3 is 2. The van der Waals surface area contributed by atoms with Crippen LogP contribution in [-0.2, 0) is 16.1 Å². The molecule has 0 aliphatic carbocycles. The first-order valence-electron chi connectivity index (χ1n) is 10.6. The smallest absolute Gasteiger partial charge is 0.337 e. The molecule has 1 aliphatic heterocycles. The van der Waals surface area contributed by atoms with Crippen molar-refractivity contribution >= 4 is 17.7 Å². The molecule has 1 heterocycles. The molecule has 0 saturated carbocycles. The van der Waals surface area contributed by atoms with Crippen molar-refractivity contribution in [1.29, 1.82) is 0 Å². The van der Waals surface area contributed by atoms with E-state index in [0.29, 0.717) is 5.70 Å². The van der Waals surface area contributed by atoms with E-state index in [1.165, 1.54) is 26.4 Å². The molecule has 2 aromatic rings. The van der Waals surface area contributed by atoms with E-state index >= 15 is 0 Å². The second-order valence-corrected chi connectivity index (χ2v) is 8.11. The van der Waals surface area contributed by atoms with Crippen LogP contribution in [0.3, 0.4) is 0 Å². The Bertz CT molecular complexity index is 1140. The topological polar surface area (TPSA) is 129 Å². The molecule has 0 bridgehead atoms. The zero-order chi connectivity index (χ0) is 25.0. The van der Waals surface area contributed by atoms with Crippen molar-refractivity contribution in [2.24, 2.45) is 5.92 Å². The second-order valence-electron chi connectivity index (χ2n) is 8.11. The van der Waals surface area contributed by atoms with Crippen molar-refractivity contribution in [2.45, 2.75) is 33.4 Å². The van der Waals surface area contributed by atoms with E-state index in [-0.39, 0.29) is 40.8 Å². The summed E-state index contributed by atoms with van der Waals surface area (Å²) in [6.45, 7) is 5.67. The molecule has 0 spiro atoms. The quantitative estimate of drug-likeness (QED) is 0.340. The summed E-state index contributed by atoms with van der Waals surface area (Å²) in [4.78, 5) is 36.3. The van der Waals surface area contributed by atoms with E-state index in [1.807, 2.05) is 45.0 Å². The largest absolute Gasteiger partial charge is 0.493 e. The first-order chi connectivity index (χ1) is 16.2. The van der Waals surface area contributed by atoms with Crippen molar-refractivity contribution in [2.75, 3.05) is 14.2 Å². The van der Waals surface area contributed by atoms with Gasteiger partial charge in [-0.3, -0.25) is 10.1 Å². The van der Waals surface area contributed by atoms with Gasteiger partial charge in [-0.05, 0) is 30.0 Å². The first-order valence-corrected chi connectivity index (χ1v) is 10.6. The van der Waals surface area contributed by atoms with E-state index < -0.39 is 23.0 Å². The van der Waals surface area contributed by atoms with Gasteiger partial charge in [-0.2, -0.15) is 0 Å². The van der Waals surface area contributed by atoms with Crippen LogP contribution in [-0.4, -0.2) is 31.1 Å². The Morgan fingerprint density at radius 3 is 2.41 bits per heavy atom. The van der Waals surface area contributed by atoms with Crippen LogP contribution in [0.2, 0.25) is 0 Å². The third-order valence-electron chi connectivity index (χ3n) is 5.40. The maximum atomic E-state index is 12.6. The highest BCUT2D eigenvalue weighted by Crippen LogP contribution is 2.42. The number of ether oxygens (including phenoxy) is 3. The number of hydrogen-bond donors (Lipinski definition) is 2. The number of benzene rings is 2. The summed E-state index contributed by atoms with van der Waals surface area (Å²) in [6, 6.07) is 8.82. The number of esters is 1. The lowest BCUT2D eigenvalue weighted by Gasteiger charge is -2.31. The molecule has 1 atom stereocenters. The van der Waals surface area contributed by atoms with Crippen molar-refractivity contribution in [3.05, 3.63) is 74.5 Å². The molecule has 180 valence electrons. The molecule has 1 aliphatic rings. The summed E-state index contributed by atoms with van der Waals surface area (Å²) in [7, 11) is 2.59. The van der Waals surface area contributed by atoms with E-state index in [4.69, 9.17) is 14.2 Å². The fourth-order valence-electron chi connectivity index (χ4n) is 3.67. The van der Waals surface area contributed by atoms with E-state index in [0.717, 1.165) is 11.1 Å². The Balaban J connectivity index is 2.09. The Labute approximate surface area is 197 Å². The summed E-state index contributed by atoms with van der Waals surface area (Å²) < 4.78 is 16.1. The number of nitrogens with one attached hydrogen (secondary N) is 2. The molecule has 2 aromatic carbocycles. The van der Waals surface area contributed by atoms with Gasteiger partial charge in [-0.1, -0.05) is 43.7 Å². The minimum atomic E-state index is -0.989. The van der Waals surface area contributed by atoms with Crippen LogP contribution in [0.4, 0.5) is 10.5 Å². The molecule has 0 radical (unpaired) electrons. The number of urea groups is 1. The lowest BCUT2D eigenvalue weighted by Crippen LogP contribution is -2.47. The van der Waals surface area contributed by atoms with Crippen LogP contribution in [0.5, 0.6) is 11.5 Å². The summed E-state index contributed by atoms with van der Waals surface area (Å²) in [6.07, 6.45) is 0. The van der Waals surface area contributed by atoms with E-state index in [9.17, 15) is 19.7 Å². The number of nitro benzene ring substituents is 1. The normalized spacial score (nSPS) is 15.5. The van der Waals surface area contributed by atoms with Crippen LogP contribution in [0, 0.1) is 23.0 Å². The molecule has 34 heavy (non-hydrogen) atoms. The molecule has 0 aromatic heterocycles. The Hall–Kier alpha value is -4.08. The predicted molar refractivity (Wildman–Crippen MR) is 123 cm³/mol. The lowest BCUT2D eigenvalue weighted by molar-refractivity contribution is -0.386. The summed E-state index contributed by atoms with van der Waals surface area (Å²) in [5.41, 5.74) is 2.36. The Morgan fingerprint density at radius 1 is 1.18 bits per heavy atom. The van der Waals surface area contributed by atoms with Crippen LogP contribution in [0.25, 0.3) is 0 Å². The van der Waals surface area contributed by atoms with Gasteiger partial charge < -0.3 is 24.8 Å². The van der Waals surface area contributed by atoms with Gasteiger partial charge in [0.25, 0.3) is 0 Å². The number of carbonyl (C=O) groups excluding carboxylic acids is 2. The highest BCUT2D eigenvalue weighted by atomic mass is 16.6. The molecule has 10 nitrogen and oxygen atoms in total. The molecule has 0 saturated heterocycles. The average molecular weight is 469 g/mol. The first kappa shape index (κ1) is 24.6. The van der Waals surface area contributed by atoms with Gasteiger partial charge in [-0.25, -0.2) is 9.59 Å². The zero-order valence-corrected chi connectivity index (χ0v) is 19.6. The molecule has 10 heteroatoms. The fraction of sp³-hybridized carbons (Fsp3) is 0.333. The third-order valence-corrected chi connectivity index (χ3v) is 5.40. The van der Waals surface area contributed by atoms with E-state index in [1.54, 1.807) is 0 Å². The Kier molecular flexibility index (Phi) is 7.40. The van der Waals surface area contributed by atoms with Crippen LogP contribution in [0.15, 0.2) is 47.7 Å². The number of nitrogens with zero attached hydrogens (tertiary/aromatic N) is 1. The van der Waals surface area contributed by atoms with Gasteiger partial charge in [-0.15, -0.1) is 0 Å². The monoisotopic (exact) mass is 469 g/mol. The van der Waals surface area contributed by atoms with Gasteiger partial charge >= 0.3 is 17.7 Å². The highest BCUT2D eigenvalue weighted by Gasteiger charge is 2.36. The van der Waals surface area contributed by atoms with Gasteiger partial charge in [0.15, 0.2) is 5.75 Å². The second kappa shape index (κ2) is 10.2. The number of rotatable bonds is 8. The molecule has 3 rings (SSSR count). The van der Waals surface area contributed by atoms with Gasteiger partial charge in [0.1, 0.15) is 6.61 Å². The average Bonchev–Trinajstić information content (AvgIpc) is 2.81. The number of hydrogen-bond acceptors (Lipinski definition) is 7. The minimum Gasteiger partial charge on any atom is -0.493 e. The zero-order valence-electron chi connectivity index (χ0n) is 19.6. The summed E-state index contributed by atoms with van der Waals surface area (Å²) in [5.74, 6) is -0.830. The maximum Gasteiger partial charge on any atom is 0.337 e. The molecular formula is C24H27N3O7. The number of amides is 2. The van der Waals surface area contributed by atoms with E-state index in [2.05, 4.69) is 10.6 Å². The number of nitro groups is 1. The molecule has 1 unspecified atom stereocenters. The highest BCUT2D eigenvalue weighted by molar-refractivity contribution is 5.95. The van der Waals surface area contributed by atoms with Crippen LogP contribution >= 0.6 is 0 Å². The number of carbonyl (C=O) groups is 2. The van der Waals surface area contributed by atoms with Crippen molar-refractivity contribution < 1.29 is 28.7 Å². The van der Waals surface area contributed by atoms with Gasteiger partial charge in [0.2, 0.25) is 5.75 Å². The van der Waals surface area contributed by atoms with Crippen molar-refractivity contribution in [1.82, 2.24) is 10.6 Å². The Morgan fingerprint density at radius 2 is 1.85 bits per heavy atom. The van der Waals surface area contributed by atoms with Crippen molar-refractivity contribution in [3.63, 3.8) is 0 Å². The number of aryl methyl sites for hydroxylation is 1. The summed E-state index contributed by atoms with van der Waals surface area (Å²) in [5, 5.41) is 17.3. The van der Waals surface area contributed by atoms with Gasteiger partial charge in [0.05, 0.1) is 30.8 Å². The molecule has 2 amide bonds. The predicted octanol–water partition coefficient (Wildman–Crippen LogP) is 3.93. The fourth-order valence-corrected chi connectivity index (χ4v) is 3.67.